The number of benzene rings is 2. The maximum Gasteiger partial charge on any atom is 0.573 e. The first kappa shape index (κ1) is 23.4. The Hall–Kier alpha value is -1.71. The largest absolute Gasteiger partial charge is 0.573 e. The van der Waals surface area contributed by atoms with Gasteiger partial charge in [0.2, 0.25) is 0 Å². The van der Waals surface area contributed by atoms with E-state index in [1.807, 2.05) is 18.2 Å². The Balaban J connectivity index is 1.35. The molecule has 0 radical (unpaired) electrons. The Morgan fingerprint density at radius 2 is 1.66 bits per heavy atom. The van der Waals surface area contributed by atoms with E-state index >= 15 is 0 Å². The zero-order chi connectivity index (χ0) is 22.6. The monoisotopic (exact) mass is 446 g/mol. The smallest absolute Gasteiger partial charge is 0.405 e. The molecule has 0 spiro atoms. The highest BCUT2D eigenvalue weighted by molar-refractivity contribution is 5.89. The Kier molecular flexibility index (Phi) is 7.68. The number of rotatable bonds is 8. The van der Waals surface area contributed by atoms with Crippen molar-refractivity contribution in [2.45, 2.75) is 96.3 Å². The molecule has 4 rings (SSSR count). The fraction of sp³-hybridized carbons (Fsp3) is 0.643. The zero-order valence-corrected chi connectivity index (χ0v) is 19.3. The van der Waals surface area contributed by atoms with Gasteiger partial charge in [0.25, 0.3) is 0 Å². The molecule has 0 saturated heterocycles. The van der Waals surface area contributed by atoms with Crippen LogP contribution >= 0.6 is 0 Å². The van der Waals surface area contributed by atoms with Crippen LogP contribution in [0.2, 0.25) is 0 Å². The first-order valence-corrected chi connectivity index (χ1v) is 12.7. The van der Waals surface area contributed by atoms with Gasteiger partial charge in [0.1, 0.15) is 5.75 Å². The normalized spacial score (nSPS) is 26.1. The highest BCUT2D eigenvalue weighted by Crippen LogP contribution is 2.48. The molecule has 0 N–H and O–H groups in total. The number of unbranched alkanes of at least 4 members (excludes halogenated alkanes) is 4. The number of hydrogen-bond donors (Lipinski definition) is 0. The summed E-state index contributed by atoms with van der Waals surface area (Å²) in [7, 11) is 0. The van der Waals surface area contributed by atoms with Crippen LogP contribution in [0.4, 0.5) is 13.2 Å². The third-order valence-corrected chi connectivity index (χ3v) is 8.00. The van der Waals surface area contributed by atoms with Gasteiger partial charge in [-0.3, -0.25) is 0 Å². The van der Waals surface area contributed by atoms with Crippen LogP contribution in [0.25, 0.3) is 10.8 Å². The van der Waals surface area contributed by atoms with Crippen molar-refractivity contribution < 1.29 is 17.9 Å². The molecule has 4 atom stereocenters. The van der Waals surface area contributed by atoms with Crippen molar-refractivity contribution in [3.8, 4) is 5.75 Å². The molecule has 4 heteroatoms. The Morgan fingerprint density at radius 1 is 0.875 bits per heavy atom. The number of alkyl halides is 3. The molecule has 2 saturated carbocycles. The average Bonchev–Trinajstić information content (AvgIpc) is 2.77. The van der Waals surface area contributed by atoms with E-state index in [4.69, 9.17) is 0 Å². The highest BCUT2D eigenvalue weighted by atomic mass is 19.4. The Bertz CT molecular complexity index is 875. The molecule has 1 nitrogen and oxygen atoms in total. The predicted molar refractivity (Wildman–Crippen MR) is 125 cm³/mol. The van der Waals surface area contributed by atoms with E-state index in [0.29, 0.717) is 11.3 Å². The quantitative estimate of drug-likeness (QED) is 0.367. The second-order valence-corrected chi connectivity index (χ2v) is 10.2. The van der Waals surface area contributed by atoms with Gasteiger partial charge in [-0.05, 0) is 72.8 Å². The van der Waals surface area contributed by atoms with Gasteiger partial charge in [-0.15, -0.1) is 13.2 Å². The minimum atomic E-state index is -4.67. The summed E-state index contributed by atoms with van der Waals surface area (Å²) in [6.45, 7) is 2.27. The van der Waals surface area contributed by atoms with Crippen LogP contribution in [0.15, 0.2) is 36.4 Å². The molecule has 0 aromatic heterocycles. The molecular formula is C28H37F3O. The van der Waals surface area contributed by atoms with Crippen LogP contribution in [0, 0.1) is 17.8 Å². The summed E-state index contributed by atoms with van der Waals surface area (Å²) < 4.78 is 42.4. The minimum Gasteiger partial charge on any atom is -0.405 e. The van der Waals surface area contributed by atoms with E-state index in [2.05, 4.69) is 17.7 Å². The molecule has 0 aliphatic heterocycles. The molecular weight excluding hydrogens is 409 g/mol. The van der Waals surface area contributed by atoms with E-state index in [9.17, 15) is 13.2 Å². The summed E-state index contributed by atoms with van der Waals surface area (Å²) in [5, 5.41) is 1.36. The van der Waals surface area contributed by atoms with Crippen molar-refractivity contribution >= 4 is 10.8 Å². The molecule has 2 aliphatic rings. The van der Waals surface area contributed by atoms with Gasteiger partial charge in [-0.25, -0.2) is 0 Å². The van der Waals surface area contributed by atoms with Crippen molar-refractivity contribution in [1.29, 1.82) is 0 Å². The molecule has 2 aromatic rings. The molecule has 2 aromatic carbocycles. The van der Waals surface area contributed by atoms with Crippen LogP contribution in [-0.2, 0) is 0 Å². The van der Waals surface area contributed by atoms with E-state index in [0.717, 1.165) is 23.1 Å². The fourth-order valence-electron chi connectivity index (χ4n) is 6.33. The van der Waals surface area contributed by atoms with Gasteiger partial charge in [-0.1, -0.05) is 82.2 Å². The second-order valence-electron chi connectivity index (χ2n) is 10.2. The summed E-state index contributed by atoms with van der Waals surface area (Å²) in [5.41, 5.74) is 1.28. The van der Waals surface area contributed by atoms with Crippen molar-refractivity contribution in [2.75, 3.05) is 0 Å². The maximum absolute atomic E-state index is 12.7. The van der Waals surface area contributed by atoms with E-state index in [-0.39, 0.29) is 5.75 Å². The number of fused-ring (bicyclic) bond motifs is 2. The molecule has 2 aliphatic carbocycles. The van der Waals surface area contributed by atoms with Crippen LogP contribution in [0.1, 0.15) is 95.5 Å². The first-order valence-electron chi connectivity index (χ1n) is 12.7. The molecule has 0 amide bonds. The van der Waals surface area contributed by atoms with Gasteiger partial charge in [0, 0.05) is 5.39 Å². The average molecular weight is 447 g/mol. The van der Waals surface area contributed by atoms with Gasteiger partial charge in [0.05, 0.1) is 0 Å². The van der Waals surface area contributed by atoms with Gasteiger partial charge >= 0.3 is 6.36 Å². The van der Waals surface area contributed by atoms with E-state index in [1.54, 1.807) is 6.07 Å². The SMILES string of the molecule is CCCCCCCC1CCC2CC(c3ccc4c(OC(F)(F)F)cccc4c3)CCC2C1. The summed E-state index contributed by atoms with van der Waals surface area (Å²) in [4.78, 5) is 0. The maximum atomic E-state index is 12.7. The highest BCUT2D eigenvalue weighted by Gasteiger charge is 2.36. The Morgan fingerprint density at radius 3 is 2.47 bits per heavy atom. The summed E-state index contributed by atoms with van der Waals surface area (Å²) in [6, 6.07) is 10.9. The second kappa shape index (κ2) is 10.5. The first-order chi connectivity index (χ1) is 15.4. The summed E-state index contributed by atoms with van der Waals surface area (Å²) in [6.07, 6.45) is 11.5. The minimum absolute atomic E-state index is 0.113. The standard InChI is InChI=1S/C28H37F3O/c1-2-3-4-5-6-8-20-11-12-22-18-23(14-13-21(22)17-20)24-15-16-26-25(19-24)9-7-10-27(26)32-28(29,30)31/h7,9-10,15-16,19-23H,2-6,8,11-14,17-18H2,1H3. The third kappa shape index (κ3) is 5.99. The van der Waals surface area contributed by atoms with Gasteiger partial charge < -0.3 is 4.74 Å². The zero-order valence-electron chi connectivity index (χ0n) is 19.3. The lowest BCUT2D eigenvalue weighted by atomic mass is 9.63. The van der Waals surface area contributed by atoms with Crippen molar-refractivity contribution in [2.24, 2.45) is 17.8 Å². The molecule has 32 heavy (non-hydrogen) atoms. The molecule has 0 heterocycles. The third-order valence-electron chi connectivity index (χ3n) is 8.00. The van der Waals surface area contributed by atoms with Gasteiger partial charge in [-0.2, -0.15) is 0 Å². The van der Waals surface area contributed by atoms with Crippen molar-refractivity contribution in [3.63, 3.8) is 0 Å². The lowest BCUT2D eigenvalue weighted by Gasteiger charge is -2.42. The summed E-state index contributed by atoms with van der Waals surface area (Å²) in [5.74, 6) is 3.05. The lowest BCUT2D eigenvalue weighted by Crippen LogP contribution is -2.30. The fourth-order valence-corrected chi connectivity index (χ4v) is 6.33. The van der Waals surface area contributed by atoms with Crippen molar-refractivity contribution in [3.05, 3.63) is 42.0 Å². The van der Waals surface area contributed by atoms with Crippen LogP contribution < -0.4 is 4.74 Å². The predicted octanol–water partition coefficient (Wildman–Crippen LogP) is 9.40. The van der Waals surface area contributed by atoms with Crippen LogP contribution in [-0.4, -0.2) is 6.36 Å². The number of ether oxygens (including phenoxy) is 1. The van der Waals surface area contributed by atoms with Crippen molar-refractivity contribution in [1.82, 2.24) is 0 Å². The number of hydrogen-bond acceptors (Lipinski definition) is 1. The molecule has 4 unspecified atom stereocenters. The Labute approximate surface area is 190 Å². The molecule has 2 fully saturated rings. The van der Waals surface area contributed by atoms with Crippen LogP contribution in [0.5, 0.6) is 5.75 Å². The van der Waals surface area contributed by atoms with E-state index in [1.165, 1.54) is 88.7 Å². The van der Waals surface area contributed by atoms with Gasteiger partial charge in [0.15, 0.2) is 0 Å². The number of halogens is 3. The lowest BCUT2D eigenvalue weighted by molar-refractivity contribution is -0.274. The topological polar surface area (TPSA) is 9.23 Å². The van der Waals surface area contributed by atoms with E-state index < -0.39 is 6.36 Å². The van der Waals surface area contributed by atoms with Crippen LogP contribution in [0.3, 0.4) is 0 Å². The molecule has 176 valence electrons. The molecule has 0 bridgehead atoms. The summed E-state index contributed by atoms with van der Waals surface area (Å²) >= 11 is 0.